The van der Waals surface area contributed by atoms with Gasteiger partial charge in [0.1, 0.15) is 5.75 Å². The molecule has 2 aliphatic heterocycles. The largest absolute Gasteiger partial charge is 0.467 e. The molecule has 0 radical (unpaired) electrons. The average Bonchev–Trinajstić information content (AvgIpc) is 3.35. The molecular weight excluding hydrogens is 560 g/mol. The topological polar surface area (TPSA) is 88.5 Å². The van der Waals surface area contributed by atoms with E-state index in [1.165, 1.54) is 22.3 Å². The van der Waals surface area contributed by atoms with Gasteiger partial charge < -0.3 is 19.2 Å². The first-order chi connectivity index (χ1) is 21.9. The van der Waals surface area contributed by atoms with Crippen LogP contribution in [0.15, 0.2) is 78.9 Å². The molecule has 0 spiro atoms. The summed E-state index contributed by atoms with van der Waals surface area (Å²) in [5.74, 6) is 0.619. The molecule has 1 aliphatic carbocycles. The summed E-state index contributed by atoms with van der Waals surface area (Å²) in [4.78, 5) is 18.8. The van der Waals surface area contributed by atoms with Crippen molar-refractivity contribution < 1.29 is 9.47 Å². The Kier molecular flexibility index (Phi) is 5.99. The fourth-order valence-electron chi connectivity index (χ4n) is 7.18. The Bertz CT molecular complexity index is 2100. The van der Waals surface area contributed by atoms with Crippen LogP contribution in [0.1, 0.15) is 47.8 Å². The van der Waals surface area contributed by atoms with Gasteiger partial charge in [-0.1, -0.05) is 80.6 Å². The minimum absolute atomic E-state index is 0.131. The summed E-state index contributed by atoms with van der Waals surface area (Å²) < 4.78 is 12.8. The highest BCUT2D eigenvalue weighted by atomic mass is 16.5. The highest BCUT2D eigenvalue weighted by molar-refractivity contribution is 6.08. The molecule has 3 heterocycles. The number of anilines is 1. The Labute approximate surface area is 261 Å². The second-order valence-electron chi connectivity index (χ2n) is 12.0. The summed E-state index contributed by atoms with van der Waals surface area (Å²) in [7, 11) is 0. The second-order valence-corrected chi connectivity index (χ2v) is 12.0. The number of morpholine rings is 1. The third-order valence-corrected chi connectivity index (χ3v) is 9.28. The third-order valence-electron chi connectivity index (χ3n) is 9.28. The van der Waals surface area contributed by atoms with E-state index in [-0.39, 0.29) is 23.0 Å². The molecule has 8 heteroatoms. The molecule has 4 aromatic carbocycles. The monoisotopic (exact) mass is 588 g/mol. The number of ether oxygens (including phenoxy) is 2. The molecule has 1 fully saturated rings. The zero-order valence-electron chi connectivity index (χ0n) is 24.9. The highest BCUT2D eigenvalue weighted by Gasteiger charge is 2.47. The van der Waals surface area contributed by atoms with Crippen LogP contribution in [0.2, 0.25) is 0 Å². The molecule has 3 aliphatic rings. The van der Waals surface area contributed by atoms with E-state index in [2.05, 4.69) is 99.2 Å². The van der Waals surface area contributed by atoms with Crippen molar-refractivity contribution in [3.05, 3.63) is 124 Å². The molecule has 1 atom stereocenters. The summed E-state index contributed by atoms with van der Waals surface area (Å²) in [6.07, 6.45) is 4.08. The molecule has 0 amide bonds. The molecule has 8 rings (SSSR count). The average molecular weight is 589 g/mol. The van der Waals surface area contributed by atoms with E-state index in [4.69, 9.17) is 16.0 Å². The summed E-state index contributed by atoms with van der Waals surface area (Å²) in [5.41, 5.74) is 6.21. The molecule has 1 unspecified atom stereocenters. The normalized spacial score (nSPS) is 19.2. The molecule has 0 bridgehead atoms. The Morgan fingerprint density at radius 1 is 0.911 bits per heavy atom. The first kappa shape index (κ1) is 27.0. The predicted molar refractivity (Wildman–Crippen MR) is 172 cm³/mol. The third kappa shape index (κ3) is 3.96. The van der Waals surface area contributed by atoms with Gasteiger partial charge in [0, 0.05) is 40.7 Å². The van der Waals surface area contributed by atoms with Crippen LogP contribution in [0.5, 0.6) is 5.75 Å². The van der Waals surface area contributed by atoms with E-state index in [9.17, 15) is 5.26 Å². The van der Waals surface area contributed by atoms with Crippen LogP contribution in [-0.4, -0.2) is 41.3 Å². The Morgan fingerprint density at radius 2 is 1.64 bits per heavy atom. The van der Waals surface area contributed by atoms with Gasteiger partial charge in [-0.25, -0.2) is 0 Å². The number of nitriles is 1. The number of benzene rings is 4. The summed E-state index contributed by atoms with van der Waals surface area (Å²) in [6, 6.07) is 27.1. The van der Waals surface area contributed by atoms with Gasteiger partial charge in [0.05, 0.1) is 13.2 Å². The van der Waals surface area contributed by atoms with Gasteiger partial charge in [-0.15, -0.1) is 16.5 Å². The lowest BCUT2D eigenvalue weighted by Gasteiger charge is -2.36. The molecule has 218 valence electrons. The molecule has 8 nitrogen and oxygen atoms in total. The van der Waals surface area contributed by atoms with Gasteiger partial charge in [-0.2, -0.15) is 10.2 Å². The molecule has 45 heavy (non-hydrogen) atoms. The van der Waals surface area contributed by atoms with Crippen molar-refractivity contribution in [1.82, 2.24) is 15.0 Å². The second kappa shape index (κ2) is 9.99. The van der Waals surface area contributed by atoms with Crippen molar-refractivity contribution in [2.45, 2.75) is 24.9 Å². The number of fused-ring (bicyclic) bond motifs is 8. The first-order valence-corrected chi connectivity index (χ1v) is 15.0. The zero-order chi connectivity index (χ0) is 30.8. The van der Waals surface area contributed by atoms with Crippen molar-refractivity contribution >= 4 is 28.5 Å². The van der Waals surface area contributed by atoms with Gasteiger partial charge in [0.15, 0.2) is 6.07 Å². The maximum atomic E-state index is 9.78. The summed E-state index contributed by atoms with van der Waals surface area (Å²) in [5, 5.41) is 11.9. The molecule has 0 N–H and O–H groups in total. The molecular formula is C37H28N6O2. The fraction of sp³-hybridized carbons (Fsp3) is 0.216. The first-order valence-electron chi connectivity index (χ1n) is 15.0. The Hall–Kier alpha value is -5.57. The van der Waals surface area contributed by atoms with Crippen molar-refractivity contribution in [3.8, 4) is 22.9 Å². The predicted octanol–water partition coefficient (Wildman–Crippen LogP) is 6.94. The van der Waals surface area contributed by atoms with Crippen LogP contribution in [0.3, 0.4) is 0 Å². The number of nitrogens with zero attached hydrogens (tertiary/aromatic N) is 6. The minimum atomic E-state index is -1.32. The summed E-state index contributed by atoms with van der Waals surface area (Å²) in [6.45, 7) is 15.2. The van der Waals surface area contributed by atoms with Crippen molar-refractivity contribution in [2.24, 2.45) is 0 Å². The Morgan fingerprint density at radius 3 is 2.40 bits per heavy atom. The van der Waals surface area contributed by atoms with Crippen LogP contribution >= 0.6 is 0 Å². The summed E-state index contributed by atoms with van der Waals surface area (Å²) >= 11 is 0. The quantitative estimate of drug-likeness (QED) is 0.211. The number of hydrogen-bond acceptors (Lipinski definition) is 7. The number of aromatic nitrogens is 3. The molecule has 1 aromatic heterocycles. The molecule has 0 saturated carbocycles. The Balaban J connectivity index is 1.38. The fourth-order valence-corrected chi connectivity index (χ4v) is 7.18. The lowest BCUT2D eigenvalue weighted by molar-refractivity contribution is 0.122. The van der Waals surface area contributed by atoms with E-state index in [1.54, 1.807) is 0 Å². The number of hydrogen-bond donors (Lipinski definition) is 0. The smallest absolute Gasteiger partial charge is 0.376 e. The van der Waals surface area contributed by atoms with Gasteiger partial charge in [0.25, 0.3) is 5.82 Å². The lowest BCUT2D eigenvalue weighted by Crippen LogP contribution is -2.38. The van der Waals surface area contributed by atoms with E-state index in [1.807, 2.05) is 30.3 Å². The number of rotatable bonds is 3. The SMILES string of the molecule is [C-]#[N+]c1nc(C#N)nc(C2(c3ccc(N4CCOCC4)cc3)C=Cc3c4c(c5ccccc5c3O2)-c2ccccc2C4(C)C)n1. The van der Waals surface area contributed by atoms with Crippen LogP contribution in [0, 0.1) is 17.9 Å². The van der Waals surface area contributed by atoms with Gasteiger partial charge in [-0.05, 0) is 45.8 Å². The van der Waals surface area contributed by atoms with Gasteiger partial charge in [0.2, 0.25) is 11.4 Å². The standard InChI is InChI=1S/C37H28N6O2/c1-36(2)29-11-7-6-10-27(29)31-25-8-4-5-9-26(25)33-28(32(31)36)16-17-37(45-33,34-40-30(22-38)41-35(39-3)42-34)23-12-14-24(15-13-23)43-18-20-44-21-19-43/h4-17H,18-21H2,1-2H3. The minimum Gasteiger partial charge on any atom is -0.467 e. The maximum absolute atomic E-state index is 9.78. The van der Waals surface area contributed by atoms with Crippen molar-refractivity contribution in [2.75, 3.05) is 31.2 Å². The van der Waals surface area contributed by atoms with Crippen molar-refractivity contribution in [3.63, 3.8) is 0 Å². The van der Waals surface area contributed by atoms with E-state index in [0.29, 0.717) is 19.0 Å². The van der Waals surface area contributed by atoms with E-state index in [0.717, 1.165) is 40.7 Å². The lowest BCUT2D eigenvalue weighted by atomic mass is 9.77. The highest BCUT2D eigenvalue weighted by Crippen LogP contribution is 2.57. The van der Waals surface area contributed by atoms with Gasteiger partial charge >= 0.3 is 5.95 Å². The van der Waals surface area contributed by atoms with E-state index < -0.39 is 5.60 Å². The zero-order valence-corrected chi connectivity index (χ0v) is 24.9. The van der Waals surface area contributed by atoms with Crippen LogP contribution in [0.25, 0.3) is 32.8 Å². The van der Waals surface area contributed by atoms with Gasteiger partial charge in [-0.3, -0.25) is 0 Å². The van der Waals surface area contributed by atoms with Crippen LogP contribution in [-0.2, 0) is 15.8 Å². The van der Waals surface area contributed by atoms with Crippen molar-refractivity contribution in [1.29, 1.82) is 5.26 Å². The molecule has 5 aromatic rings. The maximum Gasteiger partial charge on any atom is 0.376 e. The molecule has 1 saturated heterocycles. The van der Waals surface area contributed by atoms with Crippen LogP contribution < -0.4 is 9.64 Å². The van der Waals surface area contributed by atoms with E-state index >= 15 is 0 Å². The van der Waals surface area contributed by atoms with Crippen LogP contribution in [0.4, 0.5) is 11.6 Å².